The standard InChI is InChI=1S/C17H27N3O/c1-12(2)16-8-14(10-18-15-4-5-15)9-17(19-16)20-6-7-21-11-13(20)3/h8-9,12-13,15,18H,4-7,10-11H2,1-3H3. The van der Waals surface area contributed by atoms with Gasteiger partial charge in [0, 0.05) is 24.8 Å². The smallest absolute Gasteiger partial charge is 0.129 e. The van der Waals surface area contributed by atoms with Gasteiger partial charge in [-0.1, -0.05) is 13.8 Å². The first-order chi connectivity index (χ1) is 10.1. The predicted octanol–water partition coefficient (Wildman–Crippen LogP) is 2.68. The van der Waals surface area contributed by atoms with Gasteiger partial charge in [-0.2, -0.15) is 0 Å². The fourth-order valence-corrected chi connectivity index (χ4v) is 2.76. The maximum atomic E-state index is 5.55. The molecule has 4 nitrogen and oxygen atoms in total. The monoisotopic (exact) mass is 289 g/mol. The zero-order valence-electron chi connectivity index (χ0n) is 13.4. The number of hydrogen-bond acceptors (Lipinski definition) is 4. The van der Waals surface area contributed by atoms with E-state index in [0.29, 0.717) is 12.0 Å². The molecule has 4 heteroatoms. The molecule has 0 spiro atoms. The van der Waals surface area contributed by atoms with Crippen molar-refractivity contribution in [1.29, 1.82) is 0 Å². The first-order valence-corrected chi connectivity index (χ1v) is 8.22. The second-order valence-electron chi connectivity index (χ2n) is 6.69. The van der Waals surface area contributed by atoms with Crippen molar-refractivity contribution in [1.82, 2.24) is 10.3 Å². The van der Waals surface area contributed by atoms with Gasteiger partial charge in [0.1, 0.15) is 5.82 Å². The van der Waals surface area contributed by atoms with E-state index in [1.54, 1.807) is 0 Å². The molecule has 0 bridgehead atoms. The molecule has 1 aliphatic carbocycles. The first-order valence-electron chi connectivity index (χ1n) is 8.22. The molecule has 1 aromatic heterocycles. The van der Waals surface area contributed by atoms with Crippen LogP contribution in [0, 0.1) is 0 Å². The lowest BCUT2D eigenvalue weighted by molar-refractivity contribution is 0.0985. The lowest BCUT2D eigenvalue weighted by atomic mass is 10.1. The summed E-state index contributed by atoms with van der Waals surface area (Å²) in [6, 6.07) is 5.65. The van der Waals surface area contributed by atoms with Gasteiger partial charge in [0.2, 0.25) is 0 Å². The quantitative estimate of drug-likeness (QED) is 0.904. The normalized spacial score (nSPS) is 22.9. The summed E-state index contributed by atoms with van der Waals surface area (Å²) in [5.41, 5.74) is 2.55. The minimum atomic E-state index is 0.401. The van der Waals surface area contributed by atoms with E-state index in [4.69, 9.17) is 9.72 Å². The Hall–Kier alpha value is -1.13. The van der Waals surface area contributed by atoms with Crippen LogP contribution in [-0.4, -0.2) is 36.8 Å². The largest absolute Gasteiger partial charge is 0.377 e. The molecule has 0 radical (unpaired) electrons. The lowest BCUT2D eigenvalue weighted by Crippen LogP contribution is -2.44. The van der Waals surface area contributed by atoms with Crippen LogP contribution in [0.2, 0.25) is 0 Å². The van der Waals surface area contributed by atoms with E-state index >= 15 is 0 Å². The number of rotatable bonds is 5. The van der Waals surface area contributed by atoms with Gasteiger partial charge < -0.3 is 15.0 Å². The molecular formula is C17H27N3O. The van der Waals surface area contributed by atoms with E-state index in [9.17, 15) is 0 Å². The maximum Gasteiger partial charge on any atom is 0.129 e. The van der Waals surface area contributed by atoms with Crippen molar-refractivity contribution in [2.75, 3.05) is 24.7 Å². The Morgan fingerprint density at radius 2 is 2.19 bits per heavy atom. The van der Waals surface area contributed by atoms with Crippen LogP contribution in [-0.2, 0) is 11.3 Å². The molecule has 2 fully saturated rings. The molecule has 1 aromatic rings. The van der Waals surface area contributed by atoms with Crippen LogP contribution in [0.15, 0.2) is 12.1 Å². The molecular weight excluding hydrogens is 262 g/mol. The number of hydrogen-bond donors (Lipinski definition) is 1. The van der Waals surface area contributed by atoms with Crippen LogP contribution < -0.4 is 10.2 Å². The minimum Gasteiger partial charge on any atom is -0.377 e. The van der Waals surface area contributed by atoms with E-state index in [1.807, 2.05) is 0 Å². The van der Waals surface area contributed by atoms with Gasteiger partial charge in [-0.25, -0.2) is 4.98 Å². The summed E-state index contributed by atoms with van der Waals surface area (Å²) in [4.78, 5) is 7.28. The third-order valence-corrected chi connectivity index (χ3v) is 4.32. The van der Waals surface area contributed by atoms with Gasteiger partial charge >= 0.3 is 0 Å². The average Bonchev–Trinajstić information content (AvgIpc) is 3.29. The average molecular weight is 289 g/mol. The van der Waals surface area contributed by atoms with Gasteiger partial charge in [0.05, 0.1) is 19.3 Å². The third kappa shape index (κ3) is 3.74. The van der Waals surface area contributed by atoms with Gasteiger partial charge in [-0.3, -0.25) is 0 Å². The number of anilines is 1. The molecule has 1 N–H and O–H groups in total. The zero-order chi connectivity index (χ0) is 14.8. The molecule has 1 unspecified atom stereocenters. The number of morpholine rings is 1. The van der Waals surface area contributed by atoms with Gasteiger partial charge in [0.15, 0.2) is 0 Å². The van der Waals surface area contributed by atoms with Crippen LogP contribution in [0.4, 0.5) is 5.82 Å². The fraction of sp³-hybridized carbons (Fsp3) is 0.706. The molecule has 1 saturated carbocycles. The number of nitrogens with zero attached hydrogens (tertiary/aromatic N) is 2. The lowest BCUT2D eigenvalue weighted by Gasteiger charge is -2.35. The summed E-state index contributed by atoms with van der Waals surface area (Å²) in [5, 5.41) is 3.61. The number of pyridine rings is 1. The molecule has 116 valence electrons. The SMILES string of the molecule is CC(C)c1cc(CNC2CC2)cc(N2CCOCC2C)n1. The van der Waals surface area contributed by atoms with Gasteiger partial charge in [-0.05, 0) is 43.4 Å². The van der Waals surface area contributed by atoms with Gasteiger partial charge in [0.25, 0.3) is 0 Å². The predicted molar refractivity (Wildman–Crippen MR) is 85.8 cm³/mol. The Morgan fingerprint density at radius 1 is 1.38 bits per heavy atom. The van der Waals surface area contributed by atoms with E-state index < -0.39 is 0 Å². The van der Waals surface area contributed by atoms with Crippen LogP contribution in [0.25, 0.3) is 0 Å². The van der Waals surface area contributed by atoms with E-state index in [0.717, 1.165) is 38.2 Å². The summed E-state index contributed by atoms with van der Waals surface area (Å²) in [6.45, 7) is 10.1. The van der Waals surface area contributed by atoms with E-state index in [2.05, 4.69) is 43.1 Å². The Balaban J connectivity index is 1.82. The number of aromatic nitrogens is 1. The number of ether oxygens (including phenoxy) is 1. The highest BCUT2D eigenvalue weighted by molar-refractivity contribution is 5.44. The van der Waals surface area contributed by atoms with E-state index in [1.165, 1.54) is 24.1 Å². The third-order valence-electron chi connectivity index (χ3n) is 4.32. The zero-order valence-corrected chi connectivity index (χ0v) is 13.4. The van der Waals surface area contributed by atoms with Crippen LogP contribution in [0.1, 0.15) is 50.8 Å². The van der Waals surface area contributed by atoms with Crippen molar-refractivity contribution < 1.29 is 4.74 Å². The molecule has 1 saturated heterocycles. The molecule has 1 aliphatic heterocycles. The molecule has 1 atom stereocenters. The van der Waals surface area contributed by atoms with E-state index in [-0.39, 0.29) is 0 Å². The van der Waals surface area contributed by atoms with Crippen molar-refractivity contribution in [2.45, 2.75) is 58.2 Å². The highest BCUT2D eigenvalue weighted by Crippen LogP contribution is 2.24. The van der Waals surface area contributed by atoms with Crippen LogP contribution >= 0.6 is 0 Å². The molecule has 2 heterocycles. The molecule has 2 aliphatic rings. The van der Waals surface area contributed by atoms with Crippen molar-refractivity contribution in [3.8, 4) is 0 Å². The summed E-state index contributed by atoms with van der Waals surface area (Å²) >= 11 is 0. The molecule has 3 rings (SSSR count). The summed E-state index contributed by atoms with van der Waals surface area (Å²) in [5.74, 6) is 1.57. The van der Waals surface area contributed by atoms with Crippen LogP contribution in [0.3, 0.4) is 0 Å². The fourth-order valence-electron chi connectivity index (χ4n) is 2.76. The summed E-state index contributed by atoms with van der Waals surface area (Å²) in [7, 11) is 0. The number of nitrogens with one attached hydrogen (secondary N) is 1. The topological polar surface area (TPSA) is 37.4 Å². The van der Waals surface area contributed by atoms with Crippen molar-refractivity contribution in [2.24, 2.45) is 0 Å². The highest BCUT2D eigenvalue weighted by atomic mass is 16.5. The second-order valence-corrected chi connectivity index (χ2v) is 6.69. The Labute approximate surface area is 127 Å². The maximum absolute atomic E-state index is 5.55. The van der Waals surface area contributed by atoms with Crippen LogP contribution in [0.5, 0.6) is 0 Å². The van der Waals surface area contributed by atoms with Crippen molar-refractivity contribution in [3.05, 3.63) is 23.4 Å². The Kier molecular flexibility index (Phi) is 4.45. The first kappa shape index (κ1) is 14.8. The molecule has 0 aromatic carbocycles. The molecule has 0 amide bonds. The molecule has 21 heavy (non-hydrogen) atoms. The highest BCUT2D eigenvalue weighted by Gasteiger charge is 2.23. The minimum absolute atomic E-state index is 0.401. The van der Waals surface area contributed by atoms with Crippen molar-refractivity contribution in [3.63, 3.8) is 0 Å². The van der Waals surface area contributed by atoms with Crippen molar-refractivity contribution >= 4 is 5.82 Å². The summed E-state index contributed by atoms with van der Waals surface area (Å²) in [6.07, 6.45) is 2.66. The second kappa shape index (κ2) is 6.32. The Bertz CT molecular complexity index is 485. The van der Waals surface area contributed by atoms with Gasteiger partial charge in [-0.15, -0.1) is 0 Å². The Morgan fingerprint density at radius 3 is 2.86 bits per heavy atom. The summed E-state index contributed by atoms with van der Waals surface area (Å²) < 4.78 is 5.55.